The van der Waals surface area contributed by atoms with Crippen molar-refractivity contribution in [3.05, 3.63) is 35.5 Å². The third-order valence-electron chi connectivity index (χ3n) is 6.30. The summed E-state index contributed by atoms with van der Waals surface area (Å²) >= 11 is 0. The summed E-state index contributed by atoms with van der Waals surface area (Å²) < 4.78 is 19.1. The maximum absolute atomic E-state index is 13.7. The van der Waals surface area contributed by atoms with Crippen molar-refractivity contribution < 1.29 is 18.7 Å². The van der Waals surface area contributed by atoms with Gasteiger partial charge in [0.1, 0.15) is 17.5 Å². The molecule has 3 rings (SSSR count). The molecule has 42 heavy (non-hydrogen) atoms. The van der Waals surface area contributed by atoms with Gasteiger partial charge in [0.05, 0.1) is 17.3 Å². The predicted octanol–water partition coefficient (Wildman–Crippen LogP) is 5.03. The van der Waals surface area contributed by atoms with Crippen molar-refractivity contribution in [2.24, 2.45) is 0 Å². The summed E-state index contributed by atoms with van der Waals surface area (Å²) in [5, 5.41) is 19.5. The van der Waals surface area contributed by atoms with E-state index in [1.165, 1.54) is 11.0 Å². The van der Waals surface area contributed by atoms with Crippen LogP contribution in [0.25, 0.3) is 0 Å². The molecule has 2 aromatic rings. The molecular weight excluding hydrogens is 539 g/mol. The molecule has 1 saturated heterocycles. The number of benzene rings is 1. The van der Waals surface area contributed by atoms with Crippen LogP contribution in [0.4, 0.5) is 32.3 Å². The highest BCUT2D eigenvalue weighted by Gasteiger charge is 2.36. The van der Waals surface area contributed by atoms with Gasteiger partial charge in [-0.2, -0.15) is 9.37 Å². The fourth-order valence-corrected chi connectivity index (χ4v) is 4.30. The second-order valence-electron chi connectivity index (χ2n) is 10.9. The van der Waals surface area contributed by atoms with Gasteiger partial charge in [0.2, 0.25) is 17.8 Å². The van der Waals surface area contributed by atoms with Gasteiger partial charge >= 0.3 is 6.09 Å². The Balaban J connectivity index is 1.57. The van der Waals surface area contributed by atoms with Crippen LogP contribution in [0.3, 0.4) is 0 Å². The first-order valence-corrected chi connectivity index (χ1v) is 14.2. The van der Waals surface area contributed by atoms with E-state index in [2.05, 4.69) is 43.1 Å². The van der Waals surface area contributed by atoms with E-state index in [1.54, 1.807) is 46.1 Å². The Hall–Kier alpha value is -4.40. The van der Waals surface area contributed by atoms with Gasteiger partial charge in [0, 0.05) is 44.5 Å². The maximum atomic E-state index is 13.7. The first-order chi connectivity index (χ1) is 20.0. The Kier molecular flexibility index (Phi) is 11.5. The van der Waals surface area contributed by atoms with E-state index in [9.17, 15) is 14.0 Å². The summed E-state index contributed by atoms with van der Waals surface area (Å²) in [6.45, 7) is 9.10. The fourth-order valence-electron chi connectivity index (χ4n) is 4.30. The fraction of sp³-hybridized carbons (Fsp3) is 0.500. The normalized spacial score (nSPS) is 14.4. The quantitative estimate of drug-likeness (QED) is 0.141. The van der Waals surface area contributed by atoms with E-state index in [1.807, 2.05) is 6.92 Å². The summed E-state index contributed by atoms with van der Waals surface area (Å²) in [4.78, 5) is 35.6. The Morgan fingerprint density at radius 3 is 2.74 bits per heavy atom. The summed E-state index contributed by atoms with van der Waals surface area (Å²) in [6.07, 6.45) is 4.62. The molecule has 1 atom stereocenters. The third kappa shape index (κ3) is 9.33. The monoisotopic (exact) mass is 580 g/mol. The molecule has 226 valence electrons. The number of nitrogens with one attached hydrogen (secondary N) is 5. The number of nitrogens with zero attached hydrogens (tertiary/aromatic N) is 3. The molecule has 1 aromatic heterocycles. The van der Waals surface area contributed by atoms with Gasteiger partial charge in [-0.05, 0) is 64.7 Å². The number of carbonyl (C=O) groups is 2. The lowest BCUT2D eigenvalue weighted by Gasteiger charge is -2.28. The topological polar surface area (TPSA) is 144 Å². The lowest BCUT2D eigenvalue weighted by Crippen LogP contribution is -2.47. The Labute approximate surface area is 246 Å². The molecule has 1 aliphatic rings. The lowest BCUT2D eigenvalue weighted by molar-refractivity contribution is -0.125. The number of likely N-dealkylation sites (tertiary alicyclic amines) is 1. The van der Waals surface area contributed by atoms with E-state index >= 15 is 0 Å². The highest BCUT2D eigenvalue weighted by atomic mass is 19.1. The molecule has 1 unspecified atom stereocenters. The van der Waals surface area contributed by atoms with Gasteiger partial charge in [0.25, 0.3) is 0 Å². The molecule has 0 aliphatic carbocycles. The van der Waals surface area contributed by atoms with Crippen molar-refractivity contribution in [3.63, 3.8) is 0 Å². The molecule has 1 fully saturated rings. The molecule has 11 nitrogen and oxygen atoms in total. The number of halogens is 1. The van der Waals surface area contributed by atoms with Gasteiger partial charge in [-0.25, -0.2) is 9.78 Å². The van der Waals surface area contributed by atoms with Gasteiger partial charge in [0.15, 0.2) is 0 Å². The average Bonchev–Trinajstić information content (AvgIpc) is 3.44. The third-order valence-corrected chi connectivity index (χ3v) is 6.30. The average molecular weight is 581 g/mol. The molecule has 12 heteroatoms. The van der Waals surface area contributed by atoms with Gasteiger partial charge in [-0.15, -0.1) is 0 Å². The minimum Gasteiger partial charge on any atom is -0.444 e. The molecule has 5 N–H and O–H groups in total. The number of carbonyl (C=O) groups excluding carboxylic acids is 2. The number of ether oxygens (including phenoxy) is 1. The molecule has 0 saturated carbocycles. The van der Waals surface area contributed by atoms with E-state index in [0.29, 0.717) is 67.6 Å². The van der Waals surface area contributed by atoms with Crippen molar-refractivity contribution in [1.29, 1.82) is 5.41 Å². The summed E-state index contributed by atoms with van der Waals surface area (Å²) in [5.41, 5.74) is 1.20. The Bertz CT molecular complexity index is 1330. The number of aromatic nitrogens is 2. The molecule has 1 aromatic carbocycles. The number of hydrogen-bond acceptors (Lipinski definition) is 9. The second kappa shape index (κ2) is 15.0. The molecule has 2 amide bonds. The largest absolute Gasteiger partial charge is 0.444 e. The number of amides is 2. The summed E-state index contributed by atoms with van der Waals surface area (Å²) in [5.74, 6) is 5.89. The van der Waals surface area contributed by atoms with Crippen molar-refractivity contribution >= 4 is 41.1 Å². The van der Waals surface area contributed by atoms with Crippen LogP contribution < -0.4 is 21.3 Å². The Morgan fingerprint density at radius 2 is 2.05 bits per heavy atom. The predicted molar refractivity (Wildman–Crippen MR) is 163 cm³/mol. The minimum atomic E-state index is -1.04. The number of anilines is 4. The van der Waals surface area contributed by atoms with Crippen LogP contribution in [-0.4, -0.2) is 71.2 Å². The number of unbranched alkanes of at least 4 members (excludes halogenated alkanes) is 1. The first-order valence-electron chi connectivity index (χ1n) is 14.2. The SMILES string of the molecule is CCCNc1nc(Nc2ccc(NC)c(C(=N)F)c2)ncc1C#CCCCNC(=O)C1CCCN1C(=O)OC(C)(C)C. The molecule has 0 spiro atoms. The van der Waals surface area contributed by atoms with Crippen LogP contribution in [0.1, 0.15) is 70.9 Å². The number of hydrogen-bond donors (Lipinski definition) is 5. The van der Waals surface area contributed by atoms with Crippen molar-refractivity contribution in [1.82, 2.24) is 20.2 Å². The zero-order chi connectivity index (χ0) is 30.7. The molecule has 0 radical (unpaired) electrons. The van der Waals surface area contributed by atoms with Crippen LogP contribution in [0.15, 0.2) is 24.4 Å². The van der Waals surface area contributed by atoms with Gasteiger partial charge in [-0.3, -0.25) is 15.1 Å². The van der Waals surface area contributed by atoms with E-state index in [-0.39, 0.29) is 11.5 Å². The summed E-state index contributed by atoms with van der Waals surface area (Å²) in [6, 6.07) is 4.43. The van der Waals surface area contributed by atoms with Crippen molar-refractivity contribution in [3.8, 4) is 11.8 Å². The molecule has 1 aliphatic heterocycles. The smallest absolute Gasteiger partial charge is 0.410 e. The standard InChI is InChI=1S/C30H41FN8O3/c1-6-15-34-26-20(19-36-28(38-26)37-21-13-14-23(33-5)22(18-21)25(31)32)11-8-7-9-16-35-27(40)24-12-10-17-39(24)29(41)42-30(2,3)4/h13-14,18-19,24,32-33H,6-7,9-10,12,15-17H2,1-5H3,(H,35,40)(H2,34,36,37,38). The van der Waals surface area contributed by atoms with Crippen LogP contribution in [0, 0.1) is 17.3 Å². The van der Waals surface area contributed by atoms with Crippen LogP contribution in [0.5, 0.6) is 0 Å². The van der Waals surface area contributed by atoms with E-state index < -0.39 is 23.7 Å². The first kappa shape index (κ1) is 32.1. The lowest BCUT2D eigenvalue weighted by atomic mass is 10.1. The van der Waals surface area contributed by atoms with Crippen molar-refractivity contribution in [2.75, 3.05) is 42.6 Å². The number of rotatable bonds is 11. The van der Waals surface area contributed by atoms with E-state index in [4.69, 9.17) is 10.1 Å². The maximum Gasteiger partial charge on any atom is 0.410 e. The van der Waals surface area contributed by atoms with Crippen molar-refractivity contribution in [2.45, 2.75) is 71.4 Å². The zero-order valence-corrected chi connectivity index (χ0v) is 25.0. The second-order valence-corrected chi connectivity index (χ2v) is 10.9. The van der Waals surface area contributed by atoms with Crippen LogP contribution in [-0.2, 0) is 9.53 Å². The van der Waals surface area contributed by atoms with Gasteiger partial charge in [-0.1, -0.05) is 18.8 Å². The minimum absolute atomic E-state index is 0.133. The molecule has 0 bridgehead atoms. The molecular formula is C30H41FN8O3. The Morgan fingerprint density at radius 1 is 1.26 bits per heavy atom. The highest BCUT2D eigenvalue weighted by molar-refractivity contribution is 5.98. The van der Waals surface area contributed by atoms with Crippen LogP contribution >= 0.6 is 0 Å². The van der Waals surface area contributed by atoms with Crippen LogP contribution in [0.2, 0.25) is 0 Å². The summed E-state index contributed by atoms with van der Waals surface area (Å²) in [7, 11) is 1.66. The zero-order valence-electron chi connectivity index (χ0n) is 25.0. The highest BCUT2D eigenvalue weighted by Crippen LogP contribution is 2.24. The van der Waals surface area contributed by atoms with E-state index in [0.717, 1.165) is 12.8 Å². The molecule has 2 heterocycles. The van der Waals surface area contributed by atoms with Gasteiger partial charge < -0.3 is 26.0 Å².